The average molecular weight is 354 g/mol. The van der Waals surface area contributed by atoms with Crippen molar-refractivity contribution in [3.05, 3.63) is 71.5 Å². The number of carbonyl (C=O) groups excluding carboxylic acids is 3. The van der Waals surface area contributed by atoms with Gasteiger partial charge in [0.15, 0.2) is 5.78 Å². The van der Waals surface area contributed by atoms with Crippen molar-refractivity contribution in [3.63, 3.8) is 0 Å². The smallest absolute Gasteiger partial charge is 0.323 e. The Morgan fingerprint density at radius 3 is 2.42 bits per heavy atom. The predicted molar refractivity (Wildman–Crippen MR) is 94.1 cm³/mol. The van der Waals surface area contributed by atoms with Gasteiger partial charge in [-0.05, 0) is 37.5 Å². The summed E-state index contributed by atoms with van der Waals surface area (Å²) in [6.45, 7) is 1.16. The molecule has 1 N–H and O–H groups in total. The van der Waals surface area contributed by atoms with E-state index >= 15 is 0 Å². The van der Waals surface area contributed by atoms with Crippen LogP contribution in [0.3, 0.4) is 0 Å². The van der Waals surface area contributed by atoms with Crippen LogP contribution in [0.25, 0.3) is 0 Å². The van der Waals surface area contributed by atoms with E-state index < -0.39 is 35.6 Å². The zero-order valence-electron chi connectivity index (χ0n) is 14.4. The van der Waals surface area contributed by atoms with E-state index in [1.54, 1.807) is 6.92 Å². The normalized spacial score (nSPS) is 19.5. The van der Waals surface area contributed by atoms with Crippen LogP contribution in [0, 0.1) is 5.82 Å². The molecule has 0 saturated carbocycles. The van der Waals surface area contributed by atoms with E-state index in [4.69, 9.17) is 0 Å². The maximum atomic E-state index is 13.7. The van der Waals surface area contributed by atoms with E-state index in [1.165, 1.54) is 24.3 Å². The highest BCUT2D eigenvalue weighted by Gasteiger charge is 2.47. The highest BCUT2D eigenvalue weighted by molar-refractivity contribution is 6.11. The minimum Gasteiger partial charge on any atom is -0.323 e. The second kappa shape index (κ2) is 7.07. The molecule has 0 aromatic heterocycles. The Labute approximate surface area is 150 Å². The van der Waals surface area contributed by atoms with E-state index in [9.17, 15) is 18.8 Å². The molecule has 1 fully saturated rings. The molecule has 134 valence electrons. The van der Waals surface area contributed by atoms with E-state index in [1.807, 2.05) is 30.3 Å². The number of imide groups is 1. The van der Waals surface area contributed by atoms with Gasteiger partial charge in [-0.15, -0.1) is 0 Å². The zero-order chi connectivity index (χ0) is 18.7. The molecule has 1 heterocycles. The summed E-state index contributed by atoms with van der Waals surface area (Å²) in [5.74, 6) is -1.75. The van der Waals surface area contributed by atoms with Crippen molar-refractivity contribution in [1.82, 2.24) is 10.2 Å². The number of benzene rings is 2. The van der Waals surface area contributed by atoms with Crippen LogP contribution in [0.2, 0.25) is 0 Å². The number of hydrogen-bond acceptors (Lipinski definition) is 3. The monoisotopic (exact) mass is 354 g/mol. The van der Waals surface area contributed by atoms with Gasteiger partial charge in [0.05, 0.1) is 12.1 Å². The molecule has 1 saturated heterocycles. The molecule has 1 aliphatic rings. The summed E-state index contributed by atoms with van der Waals surface area (Å²) in [4.78, 5) is 38.1. The summed E-state index contributed by atoms with van der Waals surface area (Å²) < 4.78 is 13.7. The maximum Gasteiger partial charge on any atom is 0.325 e. The number of aryl methyl sites for hydroxylation is 1. The zero-order valence-corrected chi connectivity index (χ0v) is 14.4. The lowest BCUT2D eigenvalue weighted by Gasteiger charge is -2.21. The van der Waals surface area contributed by atoms with Crippen molar-refractivity contribution in [2.45, 2.75) is 25.3 Å². The summed E-state index contributed by atoms with van der Waals surface area (Å²) in [5.41, 5.74) is -0.162. The third-order valence-electron chi connectivity index (χ3n) is 4.58. The Morgan fingerprint density at radius 1 is 1.08 bits per heavy atom. The van der Waals surface area contributed by atoms with Crippen LogP contribution in [0.4, 0.5) is 9.18 Å². The number of ketones is 1. The van der Waals surface area contributed by atoms with Crippen molar-refractivity contribution in [3.8, 4) is 0 Å². The molecule has 0 aliphatic carbocycles. The van der Waals surface area contributed by atoms with Gasteiger partial charge >= 0.3 is 6.03 Å². The van der Waals surface area contributed by atoms with Crippen molar-refractivity contribution in [2.75, 3.05) is 6.54 Å². The molecule has 0 unspecified atom stereocenters. The number of halogens is 1. The van der Waals surface area contributed by atoms with E-state index in [0.717, 1.165) is 10.5 Å². The Kier molecular flexibility index (Phi) is 4.84. The summed E-state index contributed by atoms with van der Waals surface area (Å²) >= 11 is 0. The first-order valence-electron chi connectivity index (χ1n) is 8.36. The molecule has 3 amide bonds. The Hall–Kier alpha value is -3.02. The van der Waals surface area contributed by atoms with Gasteiger partial charge in [0, 0.05) is 0 Å². The average Bonchev–Trinajstić information content (AvgIpc) is 2.85. The lowest BCUT2D eigenvalue weighted by atomic mass is 9.93. The van der Waals surface area contributed by atoms with Gasteiger partial charge < -0.3 is 5.32 Å². The van der Waals surface area contributed by atoms with Crippen LogP contribution in [0.15, 0.2) is 54.6 Å². The van der Waals surface area contributed by atoms with Crippen LogP contribution < -0.4 is 5.32 Å². The first-order valence-corrected chi connectivity index (χ1v) is 8.36. The highest BCUT2D eigenvalue weighted by atomic mass is 19.1. The molecule has 6 heteroatoms. The molecule has 2 aromatic carbocycles. The number of nitrogens with zero attached hydrogens (tertiary/aromatic N) is 1. The SMILES string of the molecule is C[C@]1(CCc2ccccc2)NC(=O)N(CC(=O)c2ccccc2F)C1=O. The third-order valence-corrected chi connectivity index (χ3v) is 4.58. The van der Waals surface area contributed by atoms with E-state index in [0.29, 0.717) is 12.8 Å². The van der Waals surface area contributed by atoms with Crippen LogP contribution in [-0.2, 0) is 11.2 Å². The number of rotatable bonds is 6. The van der Waals surface area contributed by atoms with Crippen LogP contribution >= 0.6 is 0 Å². The lowest BCUT2D eigenvalue weighted by Crippen LogP contribution is -2.44. The van der Waals surface area contributed by atoms with Crippen molar-refractivity contribution < 1.29 is 18.8 Å². The third kappa shape index (κ3) is 3.49. The maximum absolute atomic E-state index is 13.7. The molecule has 1 aliphatic heterocycles. The van der Waals surface area contributed by atoms with Gasteiger partial charge in [0.1, 0.15) is 11.4 Å². The fourth-order valence-electron chi connectivity index (χ4n) is 3.02. The molecular weight excluding hydrogens is 335 g/mol. The Morgan fingerprint density at radius 2 is 1.73 bits per heavy atom. The number of Topliss-reactive ketones (excluding diaryl/α,β-unsaturated/α-hetero) is 1. The molecule has 0 spiro atoms. The first-order chi connectivity index (χ1) is 12.4. The molecule has 0 radical (unpaired) electrons. The van der Waals surface area contributed by atoms with E-state index in [2.05, 4.69) is 5.32 Å². The van der Waals surface area contributed by atoms with Crippen LogP contribution in [-0.4, -0.2) is 34.7 Å². The molecule has 1 atom stereocenters. The second-order valence-electron chi connectivity index (χ2n) is 6.54. The van der Waals surface area contributed by atoms with Gasteiger partial charge in [-0.25, -0.2) is 9.18 Å². The first kappa shape index (κ1) is 17.8. The largest absolute Gasteiger partial charge is 0.325 e. The Balaban J connectivity index is 1.70. The van der Waals surface area contributed by atoms with Crippen molar-refractivity contribution >= 4 is 17.7 Å². The molecule has 0 bridgehead atoms. The number of nitrogens with one attached hydrogen (secondary N) is 1. The van der Waals surface area contributed by atoms with E-state index in [-0.39, 0.29) is 5.56 Å². The molecule has 2 aromatic rings. The second-order valence-corrected chi connectivity index (χ2v) is 6.54. The summed E-state index contributed by atoms with van der Waals surface area (Å²) in [5, 5.41) is 2.66. The summed E-state index contributed by atoms with van der Waals surface area (Å²) in [6, 6.07) is 14.5. The Bertz CT molecular complexity index is 853. The highest BCUT2D eigenvalue weighted by Crippen LogP contribution is 2.24. The minimum absolute atomic E-state index is 0.133. The predicted octanol–water partition coefficient (Wildman–Crippen LogP) is 2.95. The van der Waals surface area contributed by atoms with Gasteiger partial charge in [0.2, 0.25) is 0 Å². The van der Waals surface area contributed by atoms with Crippen LogP contribution in [0.1, 0.15) is 29.3 Å². The molecule has 26 heavy (non-hydrogen) atoms. The van der Waals surface area contributed by atoms with Gasteiger partial charge in [0.25, 0.3) is 5.91 Å². The quantitative estimate of drug-likeness (QED) is 0.641. The van der Waals surface area contributed by atoms with Gasteiger partial charge in [-0.1, -0.05) is 42.5 Å². The number of carbonyl (C=O) groups is 3. The number of hydrogen-bond donors (Lipinski definition) is 1. The molecule has 3 rings (SSSR count). The molecular formula is C20H19FN2O3. The van der Waals surface area contributed by atoms with Gasteiger partial charge in [-0.3, -0.25) is 14.5 Å². The van der Waals surface area contributed by atoms with Crippen molar-refractivity contribution in [2.24, 2.45) is 0 Å². The fourth-order valence-corrected chi connectivity index (χ4v) is 3.02. The van der Waals surface area contributed by atoms with Crippen molar-refractivity contribution in [1.29, 1.82) is 0 Å². The van der Waals surface area contributed by atoms with Gasteiger partial charge in [-0.2, -0.15) is 0 Å². The standard InChI is InChI=1S/C20H19FN2O3/c1-20(12-11-14-7-3-2-4-8-14)18(25)23(19(26)22-20)13-17(24)15-9-5-6-10-16(15)21/h2-10H,11-13H2,1H3,(H,22,26)/t20-/m1/s1. The van der Waals surface area contributed by atoms with Crippen LogP contribution in [0.5, 0.6) is 0 Å². The number of amides is 3. The molecule has 5 nitrogen and oxygen atoms in total. The fraction of sp³-hybridized carbons (Fsp3) is 0.250. The lowest BCUT2D eigenvalue weighted by molar-refractivity contribution is -0.130. The summed E-state index contributed by atoms with van der Waals surface area (Å²) in [6.07, 6.45) is 1.02. The summed E-state index contributed by atoms with van der Waals surface area (Å²) in [7, 11) is 0. The topological polar surface area (TPSA) is 66.5 Å². The minimum atomic E-state index is -1.08. The number of urea groups is 1.